The lowest BCUT2D eigenvalue weighted by Crippen LogP contribution is -2.29. The molecule has 4 rings (SSSR count). The van der Waals surface area contributed by atoms with Crippen molar-refractivity contribution in [3.05, 3.63) is 66.4 Å². The quantitative estimate of drug-likeness (QED) is 0.691. The summed E-state index contributed by atoms with van der Waals surface area (Å²) in [5.74, 6) is 1.77. The Balaban J connectivity index is 1.42. The maximum atomic E-state index is 12.7. The molecular weight excluding hydrogens is 370 g/mol. The van der Waals surface area contributed by atoms with Gasteiger partial charge in [0.05, 0.1) is 0 Å². The number of nitrogens with zero attached hydrogens (tertiary/aromatic N) is 4. The van der Waals surface area contributed by atoms with E-state index in [1.54, 1.807) is 30.4 Å². The summed E-state index contributed by atoms with van der Waals surface area (Å²) in [6.07, 6.45) is 5.62. The van der Waals surface area contributed by atoms with Crippen molar-refractivity contribution in [2.45, 2.75) is 6.42 Å². The van der Waals surface area contributed by atoms with Crippen LogP contribution in [0.1, 0.15) is 16.1 Å². The van der Waals surface area contributed by atoms with E-state index in [1.165, 1.54) is 6.33 Å². The number of amides is 1. The number of rotatable bonds is 6. The Morgan fingerprint density at radius 3 is 2.69 bits per heavy atom. The molecule has 3 aromatic rings. The van der Waals surface area contributed by atoms with Crippen LogP contribution in [0.25, 0.3) is 0 Å². The van der Waals surface area contributed by atoms with E-state index in [1.807, 2.05) is 30.3 Å². The Morgan fingerprint density at radius 2 is 1.86 bits per heavy atom. The van der Waals surface area contributed by atoms with Crippen LogP contribution in [0.15, 0.2) is 55.1 Å². The first-order valence-electron chi connectivity index (χ1n) is 9.32. The van der Waals surface area contributed by atoms with Gasteiger partial charge in [0.15, 0.2) is 11.5 Å². The number of pyridine rings is 1. The van der Waals surface area contributed by atoms with E-state index in [9.17, 15) is 4.79 Å². The van der Waals surface area contributed by atoms with Crippen molar-refractivity contribution in [3.63, 3.8) is 0 Å². The molecule has 0 saturated heterocycles. The number of carbonyl (C=O) groups excluding carboxylic acids is 1. The maximum absolute atomic E-state index is 12.7. The van der Waals surface area contributed by atoms with Crippen LogP contribution in [-0.4, -0.2) is 52.6 Å². The number of ether oxygens (including phenoxy) is 2. The number of nitrogens with one attached hydrogen (secondary N) is 1. The number of fused-ring (bicyclic) bond motifs is 1. The number of carbonyl (C=O) groups is 1. The molecule has 8 nitrogen and oxygen atoms in total. The molecule has 0 fully saturated rings. The first-order chi connectivity index (χ1) is 14.2. The van der Waals surface area contributed by atoms with E-state index in [4.69, 9.17) is 9.47 Å². The second kappa shape index (κ2) is 8.55. The summed E-state index contributed by atoms with van der Waals surface area (Å²) in [6.45, 7) is 1.65. The van der Waals surface area contributed by atoms with Crippen LogP contribution in [0.2, 0.25) is 0 Å². The lowest BCUT2D eigenvalue weighted by molar-refractivity contribution is 0.0790. The summed E-state index contributed by atoms with van der Waals surface area (Å²) in [5.41, 5.74) is 2.25. The average Bonchev–Trinajstić information content (AvgIpc) is 2.78. The van der Waals surface area contributed by atoms with Gasteiger partial charge in [-0.25, -0.2) is 9.97 Å². The fraction of sp³-hybridized carbons (Fsp3) is 0.238. The Labute approximate surface area is 168 Å². The van der Waals surface area contributed by atoms with Gasteiger partial charge in [0.2, 0.25) is 0 Å². The van der Waals surface area contributed by atoms with Crippen molar-refractivity contribution in [3.8, 4) is 11.5 Å². The first kappa shape index (κ1) is 18.7. The Kier molecular flexibility index (Phi) is 5.51. The van der Waals surface area contributed by atoms with Crippen LogP contribution in [0.5, 0.6) is 11.5 Å². The SMILES string of the molecule is CN(CCc1ccncc1)C(=O)c1cc(Nc2ccc3c(c2)OCCO3)ncn1. The zero-order chi connectivity index (χ0) is 20.1. The zero-order valence-electron chi connectivity index (χ0n) is 16.0. The fourth-order valence-corrected chi connectivity index (χ4v) is 2.95. The van der Waals surface area contributed by atoms with E-state index in [2.05, 4.69) is 20.3 Å². The number of anilines is 2. The molecule has 2 aromatic heterocycles. The second-order valence-electron chi connectivity index (χ2n) is 6.60. The predicted molar refractivity (Wildman–Crippen MR) is 108 cm³/mol. The minimum atomic E-state index is -0.160. The summed E-state index contributed by atoms with van der Waals surface area (Å²) in [6, 6.07) is 11.1. The van der Waals surface area contributed by atoms with Crippen molar-refractivity contribution in [1.82, 2.24) is 19.9 Å². The zero-order valence-corrected chi connectivity index (χ0v) is 16.0. The van der Waals surface area contributed by atoms with Crippen LogP contribution in [0.3, 0.4) is 0 Å². The monoisotopic (exact) mass is 391 g/mol. The van der Waals surface area contributed by atoms with E-state index < -0.39 is 0 Å². The van der Waals surface area contributed by atoms with Gasteiger partial charge in [-0.3, -0.25) is 9.78 Å². The normalized spacial score (nSPS) is 12.3. The highest BCUT2D eigenvalue weighted by molar-refractivity contribution is 5.92. The number of hydrogen-bond acceptors (Lipinski definition) is 7. The highest BCUT2D eigenvalue weighted by Gasteiger charge is 2.15. The van der Waals surface area contributed by atoms with Gasteiger partial charge in [0, 0.05) is 43.8 Å². The number of hydrogen-bond donors (Lipinski definition) is 1. The lowest BCUT2D eigenvalue weighted by Gasteiger charge is -2.19. The molecule has 1 aliphatic rings. The van der Waals surface area contributed by atoms with Gasteiger partial charge < -0.3 is 19.7 Å². The summed E-state index contributed by atoms with van der Waals surface area (Å²) < 4.78 is 11.1. The summed E-state index contributed by atoms with van der Waals surface area (Å²) in [4.78, 5) is 26.7. The van der Waals surface area contributed by atoms with Crippen LogP contribution in [-0.2, 0) is 6.42 Å². The molecule has 3 heterocycles. The Morgan fingerprint density at radius 1 is 1.07 bits per heavy atom. The van der Waals surface area contributed by atoms with Crippen molar-refractivity contribution in [2.75, 3.05) is 32.1 Å². The van der Waals surface area contributed by atoms with Gasteiger partial charge in [-0.05, 0) is 36.2 Å². The van der Waals surface area contributed by atoms with Crippen LogP contribution >= 0.6 is 0 Å². The lowest BCUT2D eigenvalue weighted by atomic mass is 10.2. The van der Waals surface area contributed by atoms with Crippen LogP contribution in [0.4, 0.5) is 11.5 Å². The third kappa shape index (κ3) is 4.60. The number of aromatic nitrogens is 3. The molecule has 0 spiro atoms. The molecule has 1 amide bonds. The molecule has 1 aromatic carbocycles. The molecular formula is C21H21N5O3. The standard InChI is InChI=1S/C21H21N5O3/c1-26(9-6-15-4-7-22-8-5-15)21(27)17-13-20(24-14-23-17)25-16-2-3-18-19(12-16)29-11-10-28-18/h2-5,7-8,12-14H,6,9-11H2,1H3,(H,23,24,25). The molecule has 148 valence electrons. The highest BCUT2D eigenvalue weighted by Crippen LogP contribution is 2.33. The first-order valence-corrected chi connectivity index (χ1v) is 9.32. The third-order valence-electron chi connectivity index (χ3n) is 4.53. The Bertz CT molecular complexity index is 997. The van der Waals surface area contributed by atoms with Crippen molar-refractivity contribution in [2.24, 2.45) is 0 Å². The topological polar surface area (TPSA) is 89.5 Å². The molecule has 0 bridgehead atoms. The maximum Gasteiger partial charge on any atom is 0.272 e. The van der Waals surface area contributed by atoms with Crippen LogP contribution < -0.4 is 14.8 Å². The van der Waals surface area contributed by atoms with Crippen molar-refractivity contribution < 1.29 is 14.3 Å². The second-order valence-corrected chi connectivity index (χ2v) is 6.60. The van der Waals surface area contributed by atoms with Gasteiger partial charge in [-0.1, -0.05) is 0 Å². The average molecular weight is 391 g/mol. The van der Waals surface area contributed by atoms with Gasteiger partial charge in [0.1, 0.15) is 31.1 Å². The van der Waals surface area contributed by atoms with Gasteiger partial charge >= 0.3 is 0 Å². The number of likely N-dealkylation sites (N-methyl/N-ethyl adjacent to an activating group) is 1. The van der Waals surface area contributed by atoms with Crippen molar-refractivity contribution >= 4 is 17.4 Å². The molecule has 1 N–H and O–H groups in total. The van der Waals surface area contributed by atoms with Gasteiger partial charge in [-0.2, -0.15) is 0 Å². The van der Waals surface area contributed by atoms with E-state index in [-0.39, 0.29) is 5.91 Å². The predicted octanol–water partition coefficient (Wildman–Crippen LogP) is 2.70. The fourth-order valence-electron chi connectivity index (χ4n) is 2.95. The van der Waals surface area contributed by atoms with E-state index in [0.29, 0.717) is 37.0 Å². The molecule has 0 radical (unpaired) electrons. The highest BCUT2D eigenvalue weighted by atomic mass is 16.6. The molecule has 0 atom stereocenters. The summed E-state index contributed by atoms with van der Waals surface area (Å²) in [5, 5.41) is 3.18. The largest absolute Gasteiger partial charge is 0.486 e. The summed E-state index contributed by atoms with van der Waals surface area (Å²) >= 11 is 0. The molecule has 0 aliphatic carbocycles. The minimum Gasteiger partial charge on any atom is -0.486 e. The van der Waals surface area contributed by atoms with Crippen molar-refractivity contribution in [1.29, 1.82) is 0 Å². The van der Waals surface area contributed by atoms with Gasteiger partial charge in [0.25, 0.3) is 5.91 Å². The minimum absolute atomic E-state index is 0.160. The smallest absolute Gasteiger partial charge is 0.272 e. The molecule has 29 heavy (non-hydrogen) atoms. The number of benzene rings is 1. The van der Waals surface area contributed by atoms with E-state index in [0.717, 1.165) is 23.4 Å². The summed E-state index contributed by atoms with van der Waals surface area (Å²) in [7, 11) is 1.76. The van der Waals surface area contributed by atoms with Gasteiger partial charge in [-0.15, -0.1) is 0 Å². The molecule has 0 saturated carbocycles. The molecule has 1 aliphatic heterocycles. The van der Waals surface area contributed by atoms with E-state index >= 15 is 0 Å². The third-order valence-corrected chi connectivity index (χ3v) is 4.53. The Hall–Kier alpha value is -3.68. The van der Waals surface area contributed by atoms with Crippen LogP contribution in [0, 0.1) is 0 Å². The molecule has 0 unspecified atom stereocenters. The molecule has 8 heteroatoms.